The van der Waals surface area contributed by atoms with Gasteiger partial charge in [-0.25, -0.2) is 19.7 Å². The van der Waals surface area contributed by atoms with Gasteiger partial charge in [-0.15, -0.1) is 0 Å². The molecule has 0 unspecified atom stereocenters. The first-order valence-corrected chi connectivity index (χ1v) is 9.38. The Labute approximate surface area is 174 Å². The molecular weight excluding hydrogens is 384 g/mol. The van der Waals surface area contributed by atoms with E-state index in [2.05, 4.69) is 30.7 Å². The van der Waals surface area contributed by atoms with Gasteiger partial charge in [-0.2, -0.15) is 9.78 Å². The molecule has 0 aliphatic heterocycles. The molecule has 1 aromatic carbocycles. The number of carbonyl (C=O) groups excluding carboxylic acids is 2. The van der Waals surface area contributed by atoms with Crippen LogP contribution < -0.4 is 15.5 Å². The molecule has 3 rings (SSSR count). The molecule has 2 N–H and O–H groups in total. The molecule has 30 heavy (non-hydrogen) atoms. The lowest BCUT2D eigenvalue weighted by Gasteiger charge is -2.21. The fourth-order valence-electron chi connectivity index (χ4n) is 3.03. The number of aryl methyl sites for hydroxylation is 2. The van der Waals surface area contributed by atoms with Crippen molar-refractivity contribution in [3.63, 3.8) is 0 Å². The van der Waals surface area contributed by atoms with E-state index in [-0.39, 0.29) is 5.91 Å². The van der Waals surface area contributed by atoms with Gasteiger partial charge in [-0.1, -0.05) is 6.07 Å². The average Bonchev–Trinajstić information content (AvgIpc) is 3.20. The Kier molecular flexibility index (Phi) is 6.05. The number of hydrogen-bond donors (Lipinski definition) is 2. The van der Waals surface area contributed by atoms with Crippen LogP contribution in [0.25, 0.3) is 5.95 Å². The van der Waals surface area contributed by atoms with Crippen LogP contribution in [0.4, 0.5) is 16.2 Å². The monoisotopic (exact) mass is 408 g/mol. The molecule has 0 bridgehead atoms. The van der Waals surface area contributed by atoms with Crippen molar-refractivity contribution >= 4 is 23.3 Å². The predicted molar refractivity (Wildman–Crippen MR) is 113 cm³/mol. The summed E-state index contributed by atoms with van der Waals surface area (Å²) < 4.78 is 1.47. The van der Waals surface area contributed by atoms with Gasteiger partial charge in [-0.3, -0.25) is 4.79 Å². The van der Waals surface area contributed by atoms with Crippen molar-refractivity contribution in [2.24, 2.45) is 0 Å². The van der Waals surface area contributed by atoms with E-state index in [0.717, 1.165) is 16.8 Å². The minimum atomic E-state index is -0.457. The molecule has 1 atom stereocenters. The third-order valence-electron chi connectivity index (χ3n) is 4.68. The van der Waals surface area contributed by atoms with Crippen molar-refractivity contribution in [3.05, 3.63) is 53.9 Å². The zero-order valence-electron chi connectivity index (χ0n) is 17.5. The van der Waals surface area contributed by atoms with Crippen LogP contribution in [-0.2, 0) is 4.79 Å². The second kappa shape index (κ2) is 8.68. The van der Waals surface area contributed by atoms with E-state index in [0.29, 0.717) is 17.5 Å². The number of carbonyl (C=O) groups is 2. The molecule has 0 radical (unpaired) electrons. The SMILES string of the molecule is CC(=O)N(C)c1cc(NC(=O)N[C@@H](C)c2ncnn2-c2ncccn2)c(C)cc1C. The summed E-state index contributed by atoms with van der Waals surface area (Å²) in [6.45, 7) is 7.10. The van der Waals surface area contributed by atoms with Crippen LogP contribution in [0.15, 0.2) is 36.9 Å². The van der Waals surface area contributed by atoms with Crippen molar-refractivity contribution in [2.45, 2.75) is 33.7 Å². The molecule has 0 saturated carbocycles. The second-order valence-corrected chi connectivity index (χ2v) is 6.93. The van der Waals surface area contributed by atoms with Crippen molar-refractivity contribution in [2.75, 3.05) is 17.3 Å². The topological polar surface area (TPSA) is 118 Å². The highest BCUT2D eigenvalue weighted by Crippen LogP contribution is 2.27. The molecule has 10 heteroatoms. The molecule has 10 nitrogen and oxygen atoms in total. The third kappa shape index (κ3) is 4.43. The molecular formula is C20H24N8O2. The maximum atomic E-state index is 12.6. The molecule has 156 valence electrons. The maximum absolute atomic E-state index is 12.6. The number of anilines is 2. The standard InChI is InChI=1S/C20H24N8O2/c1-12-9-13(2)17(27(5)15(4)29)10-16(12)26-20(30)25-14(3)18-23-11-24-28(18)19-21-7-6-8-22-19/h6-11,14H,1-5H3,(H2,25,26,30)/t14-/m0/s1. The number of rotatable bonds is 5. The molecule has 2 heterocycles. The van der Waals surface area contributed by atoms with E-state index in [1.165, 1.54) is 17.9 Å². The van der Waals surface area contributed by atoms with Crippen LogP contribution in [0.2, 0.25) is 0 Å². The highest BCUT2D eigenvalue weighted by atomic mass is 16.2. The van der Waals surface area contributed by atoms with Crippen molar-refractivity contribution in [3.8, 4) is 5.95 Å². The Morgan fingerprint density at radius 1 is 1.10 bits per heavy atom. The van der Waals surface area contributed by atoms with Crippen LogP contribution in [0.1, 0.15) is 36.8 Å². The van der Waals surface area contributed by atoms with Gasteiger partial charge in [0.15, 0.2) is 5.82 Å². The summed E-state index contributed by atoms with van der Waals surface area (Å²) in [7, 11) is 1.70. The summed E-state index contributed by atoms with van der Waals surface area (Å²) in [6.07, 6.45) is 4.60. The lowest BCUT2D eigenvalue weighted by Crippen LogP contribution is -2.33. The molecule has 0 spiro atoms. The number of benzene rings is 1. The number of amides is 3. The van der Waals surface area contributed by atoms with Gasteiger partial charge in [0, 0.05) is 37.7 Å². The van der Waals surface area contributed by atoms with Crippen LogP contribution in [0.5, 0.6) is 0 Å². The van der Waals surface area contributed by atoms with Crippen LogP contribution >= 0.6 is 0 Å². The maximum Gasteiger partial charge on any atom is 0.319 e. The molecule has 0 fully saturated rings. The summed E-state index contributed by atoms with van der Waals surface area (Å²) in [5.41, 5.74) is 3.18. The van der Waals surface area contributed by atoms with Crippen LogP contribution in [0, 0.1) is 13.8 Å². The highest BCUT2D eigenvalue weighted by molar-refractivity contribution is 5.95. The molecule has 0 aliphatic carbocycles. The average molecular weight is 408 g/mol. The lowest BCUT2D eigenvalue weighted by atomic mass is 10.1. The fourth-order valence-corrected chi connectivity index (χ4v) is 3.03. The molecule has 3 aromatic rings. The van der Waals surface area contributed by atoms with E-state index in [9.17, 15) is 9.59 Å². The Hall–Kier alpha value is -3.82. The van der Waals surface area contributed by atoms with Gasteiger partial charge in [0.25, 0.3) is 5.95 Å². The summed E-state index contributed by atoms with van der Waals surface area (Å²) in [4.78, 5) is 38.5. The van der Waals surface area contributed by atoms with E-state index in [1.54, 1.807) is 43.4 Å². The van der Waals surface area contributed by atoms with Gasteiger partial charge in [-0.05, 0) is 44.0 Å². The number of aromatic nitrogens is 5. The van der Waals surface area contributed by atoms with E-state index < -0.39 is 12.1 Å². The molecule has 0 saturated heterocycles. The Morgan fingerprint density at radius 2 is 1.80 bits per heavy atom. The Morgan fingerprint density at radius 3 is 2.47 bits per heavy atom. The lowest BCUT2D eigenvalue weighted by molar-refractivity contribution is -0.116. The first-order valence-electron chi connectivity index (χ1n) is 9.38. The first-order chi connectivity index (χ1) is 14.3. The fraction of sp³-hybridized carbons (Fsp3) is 0.300. The first kappa shape index (κ1) is 20.9. The quantitative estimate of drug-likeness (QED) is 0.670. The zero-order chi connectivity index (χ0) is 21.8. The van der Waals surface area contributed by atoms with E-state index in [1.807, 2.05) is 19.9 Å². The van der Waals surface area contributed by atoms with Gasteiger partial charge >= 0.3 is 6.03 Å². The third-order valence-corrected chi connectivity index (χ3v) is 4.68. The minimum Gasteiger partial charge on any atom is -0.328 e. The Bertz CT molecular complexity index is 1060. The zero-order valence-corrected chi connectivity index (χ0v) is 17.5. The second-order valence-electron chi connectivity index (χ2n) is 6.93. The molecule has 0 aliphatic rings. The molecule has 3 amide bonds. The van der Waals surface area contributed by atoms with Gasteiger partial charge in [0.2, 0.25) is 5.91 Å². The largest absolute Gasteiger partial charge is 0.328 e. The van der Waals surface area contributed by atoms with E-state index in [4.69, 9.17) is 0 Å². The van der Waals surface area contributed by atoms with Gasteiger partial charge < -0.3 is 15.5 Å². The smallest absolute Gasteiger partial charge is 0.319 e. The van der Waals surface area contributed by atoms with E-state index >= 15 is 0 Å². The predicted octanol–water partition coefficient (Wildman–Crippen LogP) is 2.54. The van der Waals surface area contributed by atoms with Crippen molar-refractivity contribution in [1.82, 2.24) is 30.0 Å². The summed E-state index contributed by atoms with van der Waals surface area (Å²) in [6, 6.07) is 4.56. The normalized spacial score (nSPS) is 11.6. The number of urea groups is 1. The number of hydrogen-bond acceptors (Lipinski definition) is 6. The van der Waals surface area contributed by atoms with Crippen molar-refractivity contribution in [1.29, 1.82) is 0 Å². The number of nitrogens with one attached hydrogen (secondary N) is 2. The summed E-state index contributed by atoms with van der Waals surface area (Å²) in [5.74, 6) is 0.771. The minimum absolute atomic E-state index is 0.0894. The summed E-state index contributed by atoms with van der Waals surface area (Å²) >= 11 is 0. The van der Waals surface area contributed by atoms with Crippen LogP contribution in [-0.4, -0.2) is 43.7 Å². The Balaban J connectivity index is 1.76. The van der Waals surface area contributed by atoms with Gasteiger partial charge in [0.05, 0.1) is 6.04 Å². The number of nitrogens with zero attached hydrogens (tertiary/aromatic N) is 6. The molecule has 2 aromatic heterocycles. The van der Waals surface area contributed by atoms with Crippen LogP contribution in [0.3, 0.4) is 0 Å². The summed E-state index contributed by atoms with van der Waals surface area (Å²) in [5, 5.41) is 9.83. The highest BCUT2D eigenvalue weighted by Gasteiger charge is 2.19. The van der Waals surface area contributed by atoms with Gasteiger partial charge in [0.1, 0.15) is 6.33 Å². The van der Waals surface area contributed by atoms with Crippen molar-refractivity contribution < 1.29 is 9.59 Å².